The molecule has 0 aromatic rings. The molecule has 6 N–H and O–H groups in total. The first-order valence-electron chi connectivity index (χ1n) is 4.15. The number of hydrazine groups is 1. The van der Waals surface area contributed by atoms with Crippen molar-refractivity contribution in [1.29, 1.82) is 0 Å². The van der Waals surface area contributed by atoms with Gasteiger partial charge in [-0.15, -0.1) is 0 Å². The second-order valence-electron chi connectivity index (χ2n) is 3.28. The Morgan fingerprint density at radius 3 is 2.58 bits per heavy atom. The topological polar surface area (TPSA) is 96.7 Å². The molecule has 0 aromatic carbocycles. The minimum absolute atomic E-state index is 0.176. The molecule has 12 heavy (non-hydrogen) atoms. The first-order valence-corrected chi connectivity index (χ1v) is 4.15. The van der Waals surface area contributed by atoms with Gasteiger partial charge < -0.3 is 10.8 Å². The minimum Gasteiger partial charge on any atom is -0.388 e. The molecule has 5 heteroatoms. The standard InChI is InChI=1S/C7H16N4O/c8-6(11-9)10-5-7(12)3-1-2-4-7/h12H,1-5,9H2,(H3,8,10,11). The molecule has 5 nitrogen and oxygen atoms in total. The SMILES string of the molecule is NNC(N)=NCC1(O)CCCC1. The van der Waals surface area contributed by atoms with Gasteiger partial charge in [-0.2, -0.15) is 0 Å². The van der Waals surface area contributed by atoms with E-state index in [9.17, 15) is 5.11 Å². The van der Waals surface area contributed by atoms with Gasteiger partial charge in [0.1, 0.15) is 0 Å². The summed E-state index contributed by atoms with van der Waals surface area (Å²) in [7, 11) is 0. The monoisotopic (exact) mass is 172 g/mol. The van der Waals surface area contributed by atoms with Crippen molar-refractivity contribution in [2.45, 2.75) is 31.3 Å². The maximum atomic E-state index is 9.80. The van der Waals surface area contributed by atoms with E-state index in [1.54, 1.807) is 0 Å². The molecule has 0 heterocycles. The highest BCUT2D eigenvalue weighted by Gasteiger charge is 2.30. The predicted octanol–water partition coefficient (Wildman–Crippen LogP) is -0.931. The van der Waals surface area contributed by atoms with Crippen LogP contribution < -0.4 is 17.0 Å². The van der Waals surface area contributed by atoms with Gasteiger partial charge in [0.05, 0.1) is 12.1 Å². The van der Waals surface area contributed by atoms with E-state index in [1.807, 2.05) is 0 Å². The van der Waals surface area contributed by atoms with Crippen LogP contribution in [0, 0.1) is 0 Å². The van der Waals surface area contributed by atoms with Crippen LogP contribution in [-0.4, -0.2) is 23.2 Å². The van der Waals surface area contributed by atoms with E-state index in [4.69, 9.17) is 11.6 Å². The van der Waals surface area contributed by atoms with E-state index in [1.165, 1.54) is 0 Å². The summed E-state index contributed by atoms with van der Waals surface area (Å²) in [6, 6.07) is 0. The van der Waals surface area contributed by atoms with Gasteiger partial charge in [-0.3, -0.25) is 5.43 Å². The zero-order valence-electron chi connectivity index (χ0n) is 7.08. The largest absolute Gasteiger partial charge is 0.388 e. The number of nitrogens with two attached hydrogens (primary N) is 2. The van der Waals surface area contributed by atoms with Crippen molar-refractivity contribution in [3.8, 4) is 0 Å². The van der Waals surface area contributed by atoms with E-state index in [0.29, 0.717) is 6.54 Å². The number of rotatable bonds is 2. The third-order valence-electron chi connectivity index (χ3n) is 2.23. The predicted molar refractivity (Wildman–Crippen MR) is 47.2 cm³/mol. The Balaban J connectivity index is 2.39. The molecule has 1 rings (SSSR count). The lowest BCUT2D eigenvalue weighted by molar-refractivity contribution is 0.0575. The summed E-state index contributed by atoms with van der Waals surface area (Å²) in [6.07, 6.45) is 3.77. The number of aliphatic hydroxyl groups is 1. The third-order valence-corrected chi connectivity index (χ3v) is 2.23. The van der Waals surface area contributed by atoms with Crippen molar-refractivity contribution in [2.75, 3.05) is 6.54 Å². The van der Waals surface area contributed by atoms with E-state index >= 15 is 0 Å². The van der Waals surface area contributed by atoms with Crippen LogP contribution in [0.5, 0.6) is 0 Å². The van der Waals surface area contributed by atoms with E-state index in [-0.39, 0.29) is 5.96 Å². The summed E-state index contributed by atoms with van der Waals surface area (Å²) in [4.78, 5) is 3.90. The van der Waals surface area contributed by atoms with Gasteiger partial charge in [0.15, 0.2) is 0 Å². The molecule has 0 radical (unpaired) electrons. The first-order chi connectivity index (χ1) is 5.66. The van der Waals surface area contributed by atoms with Crippen LogP contribution in [0.3, 0.4) is 0 Å². The highest BCUT2D eigenvalue weighted by Crippen LogP contribution is 2.29. The van der Waals surface area contributed by atoms with E-state index in [2.05, 4.69) is 10.4 Å². The number of hydrogen-bond donors (Lipinski definition) is 4. The Hall–Kier alpha value is -0.810. The molecule has 1 saturated carbocycles. The molecule has 1 fully saturated rings. The summed E-state index contributed by atoms with van der Waals surface area (Å²) in [5.41, 5.74) is 6.90. The van der Waals surface area contributed by atoms with E-state index < -0.39 is 5.60 Å². The lowest BCUT2D eigenvalue weighted by Gasteiger charge is -2.19. The maximum absolute atomic E-state index is 9.80. The van der Waals surface area contributed by atoms with Crippen LogP contribution in [0.2, 0.25) is 0 Å². The van der Waals surface area contributed by atoms with Crippen LogP contribution in [-0.2, 0) is 0 Å². The highest BCUT2D eigenvalue weighted by atomic mass is 16.3. The number of nitrogens with zero attached hydrogens (tertiary/aromatic N) is 1. The summed E-state index contributed by atoms with van der Waals surface area (Å²) in [5.74, 6) is 5.19. The lowest BCUT2D eigenvalue weighted by atomic mass is 10.0. The van der Waals surface area contributed by atoms with Crippen molar-refractivity contribution >= 4 is 5.96 Å². The Labute approximate surface area is 71.8 Å². The average molecular weight is 172 g/mol. The molecular weight excluding hydrogens is 156 g/mol. The van der Waals surface area contributed by atoms with Gasteiger partial charge in [0.2, 0.25) is 5.96 Å². The quantitative estimate of drug-likeness (QED) is 0.187. The van der Waals surface area contributed by atoms with Crippen molar-refractivity contribution in [3.05, 3.63) is 0 Å². The first kappa shape index (κ1) is 9.28. The zero-order chi connectivity index (χ0) is 9.03. The molecule has 0 aliphatic heterocycles. The molecule has 0 saturated heterocycles. The molecule has 0 amide bonds. The molecule has 1 aliphatic rings. The zero-order valence-corrected chi connectivity index (χ0v) is 7.08. The Morgan fingerprint density at radius 1 is 1.50 bits per heavy atom. The fourth-order valence-corrected chi connectivity index (χ4v) is 1.47. The molecule has 70 valence electrons. The number of guanidine groups is 1. The van der Waals surface area contributed by atoms with Gasteiger partial charge in [0.25, 0.3) is 0 Å². The molecule has 0 bridgehead atoms. The van der Waals surface area contributed by atoms with Gasteiger partial charge in [-0.05, 0) is 12.8 Å². The summed E-state index contributed by atoms with van der Waals surface area (Å²) in [5, 5.41) is 9.80. The second-order valence-corrected chi connectivity index (χ2v) is 3.28. The Kier molecular flexibility index (Phi) is 2.88. The molecule has 0 spiro atoms. The van der Waals surface area contributed by atoms with E-state index in [0.717, 1.165) is 25.7 Å². The fraction of sp³-hybridized carbons (Fsp3) is 0.857. The highest BCUT2D eigenvalue weighted by molar-refractivity contribution is 5.77. The lowest BCUT2D eigenvalue weighted by Crippen LogP contribution is -2.39. The summed E-state index contributed by atoms with van der Waals surface area (Å²) < 4.78 is 0. The van der Waals surface area contributed by atoms with Crippen molar-refractivity contribution < 1.29 is 5.11 Å². The van der Waals surface area contributed by atoms with Gasteiger partial charge in [-0.1, -0.05) is 12.8 Å². The summed E-state index contributed by atoms with van der Waals surface area (Å²) >= 11 is 0. The van der Waals surface area contributed by atoms with Crippen LogP contribution >= 0.6 is 0 Å². The molecule has 1 aliphatic carbocycles. The average Bonchev–Trinajstić information content (AvgIpc) is 2.49. The van der Waals surface area contributed by atoms with Crippen LogP contribution in [0.15, 0.2) is 4.99 Å². The van der Waals surface area contributed by atoms with Gasteiger partial charge in [0, 0.05) is 0 Å². The molecular formula is C7H16N4O. The van der Waals surface area contributed by atoms with Crippen molar-refractivity contribution in [1.82, 2.24) is 5.43 Å². The number of nitrogens with one attached hydrogen (secondary N) is 1. The molecule has 0 aromatic heterocycles. The number of hydrogen-bond acceptors (Lipinski definition) is 3. The van der Waals surface area contributed by atoms with Crippen LogP contribution in [0.1, 0.15) is 25.7 Å². The Morgan fingerprint density at radius 2 is 2.08 bits per heavy atom. The van der Waals surface area contributed by atoms with Crippen LogP contribution in [0.4, 0.5) is 0 Å². The van der Waals surface area contributed by atoms with Crippen LogP contribution in [0.25, 0.3) is 0 Å². The normalized spacial score (nSPS) is 22.7. The second kappa shape index (κ2) is 3.73. The summed E-state index contributed by atoms with van der Waals surface area (Å²) in [6.45, 7) is 0.350. The smallest absolute Gasteiger partial charge is 0.203 e. The molecule has 0 atom stereocenters. The number of aliphatic imine (C=N–C) groups is 1. The van der Waals surface area contributed by atoms with Crippen molar-refractivity contribution in [3.63, 3.8) is 0 Å². The minimum atomic E-state index is -0.637. The fourth-order valence-electron chi connectivity index (χ4n) is 1.47. The molecule has 0 unspecified atom stereocenters. The maximum Gasteiger partial charge on any atom is 0.203 e. The van der Waals surface area contributed by atoms with Gasteiger partial charge in [-0.25, -0.2) is 10.8 Å². The Bertz CT molecular complexity index is 174. The van der Waals surface area contributed by atoms with Crippen molar-refractivity contribution in [2.24, 2.45) is 16.6 Å². The third kappa shape index (κ3) is 2.35. The van der Waals surface area contributed by atoms with Gasteiger partial charge >= 0.3 is 0 Å².